The highest BCUT2D eigenvalue weighted by Crippen LogP contribution is 2.36. The van der Waals surface area contributed by atoms with Gasteiger partial charge in [-0.1, -0.05) is 15.9 Å². The first-order valence-electron chi connectivity index (χ1n) is 5.87. The van der Waals surface area contributed by atoms with Crippen LogP contribution in [0.25, 0.3) is 6.08 Å². The molecule has 2 aromatic carbocycles. The van der Waals surface area contributed by atoms with Gasteiger partial charge in [0.25, 0.3) is 0 Å². The Morgan fingerprint density at radius 2 is 1.71 bits per heavy atom. The summed E-state index contributed by atoms with van der Waals surface area (Å²) >= 11 is 9.85. The lowest BCUT2D eigenvalue weighted by molar-refractivity contribution is 0.101. The van der Waals surface area contributed by atoms with E-state index in [1.165, 1.54) is 0 Å². The molecule has 1 aliphatic rings. The maximum absolute atomic E-state index is 12.3. The Kier molecular flexibility index (Phi) is 3.94. The number of hydrogen-bond acceptors (Lipinski definition) is 3. The summed E-state index contributed by atoms with van der Waals surface area (Å²) in [5, 5.41) is 9.70. The molecule has 0 atom stereocenters. The molecule has 0 aliphatic carbocycles. The van der Waals surface area contributed by atoms with Gasteiger partial charge in [-0.3, -0.25) is 4.79 Å². The molecule has 0 saturated carbocycles. The third kappa shape index (κ3) is 2.80. The van der Waals surface area contributed by atoms with Crippen molar-refractivity contribution >= 4 is 59.6 Å². The fraction of sp³-hybridized carbons (Fsp3) is 0. The number of ketones is 1. The zero-order valence-corrected chi connectivity index (χ0v) is 15.1. The smallest absolute Gasteiger partial charge is 0.232 e. The minimum absolute atomic E-state index is 0.114. The van der Waals surface area contributed by atoms with Crippen LogP contribution in [-0.4, -0.2) is 10.9 Å². The Labute approximate surface area is 146 Å². The summed E-state index contributed by atoms with van der Waals surface area (Å²) in [4.78, 5) is 12.3. The summed E-state index contributed by atoms with van der Waals surface area (Å²) < 4.78 is 7.49. The molecule has 2 aromatic rings. The summed E-state index contributed by atoms with van der Waals surface area (Å²) in [7, 11) is 0. The lowest BCUT2D eigenvalue weighted by atomic mass is 10.1. The fourth-order valence-corrected chi connectivity index (χ4v) is 3.56. The number of allylic oxidation sites excluding steroid dienone is 1. The minimum Gasteiger partial charge on any atom is -0.506 e. The van der Waals surface area contributed by atoms with Crippen molar-refractivity contribution in [1.29, 1.82) is 0 Å². The van der Waals surface area contributed by atoms with E-state index in [1.54, 1.807) is 30.3 Å². The third-order valence-electron chi connectivity index (χ3n) is 2.97. The molecule has 0 fully saturated rings. The zero-order chi connectivity index (χ0) is 15.1. The average molecular weight is 475 g/mol. The quantitative estimate of drug-likeness (QED) is 0.571. The monoisotopic (exact) mass is 472 g/mol. The van der Waals surface area contributed by atoms with Gasteiger partial charge in [-0.15, -0.1) is 0 Å². The summed E-state index contributed by atoms with van der Waals surface area (Å²) in [6.07, 6.45) is 1.64. The van der Waals surface area contributed by atoms with Crippen molar-refractivity contribution in [2.45, 2.75) is 0 Å². The molecule has 1 aliphatic heterocycles. The SMILES string of the molecule is O=C1/C(=C/c2cc(Br)c(O)c(Br)c2)Oc2ccc(Br)cc21. The van der Waals surface area contributed by atoms with Gasteiger partial charge in [-0.25, -0.2) is 0 Å². The van der Waals surface area contributed by atoms with Crippen molar-refractivity contribution in [2.75, 3.05) is 0 Å². The molecule has 0 bridgehead atoms. The lowest BCUT2D eigenvalue weighted by Crippen LogP contribution is -1.98. The minimum atomic E-state index is -0.161. The highest BCUT2D eigenvalue weighted by atomic mass is 79.9. The van der Waals surface area contributed by atoms with Gasteiger partial charge in [0, 0.05) is 4.47 Å². The highest BCUT2D eigenvalue weighted by Gasteiger charge is 2.27. The van der Waals surface area contributed by atoms with Crippen LogP contribution in [0, 0.1) is 0 Å². The molecule has 1 heterocycles. The van der Waals surface area contributed by atoms with Crippen LogP contribution in [0.3, 0.4) is 0 Å². The van der Waals surface area contributed by atoms with Crippen LogP contribution in [-0.2, 0) is 0 Å². The van der Waals surface area contributed by atoms with E-state index in [2.05, 4.69) is 47.8 Å². The highest BCUT2D eigenvalue weighted by molar-refractivity contribution is 9.11. The number of carbonyl (C=O) groups is 1. The van der Waals surface area contributed by atoms with Crippen molar-refractivity contribution in [1.82, 2.24) is 0 Å². The number of benzene rings is 2. The van der Waals surface area contributed by atoms with Gasteiger partial charge in [0.1, 0.15) is 11.5 Å². The standard InChI is InChI=1S/C15H7Br3O3/c16-8-1-2-12-9(6-8)14(19)13(21-12)5-7-3-10(17)15(20)11(18)4-7/h1-6,20H/b13-5-. The van der Waals surface area contributed by atoms with Crippen LogP contribution < -0.4 is 4.74 Å². The number of aromatic hydroxyl groups is 1. The second-order valence-electron chi connectivity index (χ2n) is 4.41. The Morgan fingerprint density at radius 3 is 2.38 bits per heavy atom. The van der Waals surface area contributed by atoms with Crippen LogP contribution in [0.5, 0.6) is 11.5 Å². The molecule has 0 saturated heterocycles. The van der Waals surface area contributed by atoms with Crippen LogP contribution >= 0.6 is 47.8 Å². The van der Waals surface area contributed by atoms with Gasteiger partial charge in [-0.2, -0.15) is 0 Å². The summed E-state index contributed by atoms with van der Waals surface area (Å²) in [5.74, 6) is 0.758. The number of phenols is 1. The molecule has 0 unspecified atom stereocenters. The number of hydrogen-bond donors (Lipinski definition) is 1. The van der Waals surface area contributed by atoms with E-state index < -0.39 is 0 Å². The summed E-state index contributed by atoms with van der Waals surface area (Å²) in [5.41, 5.74) is 1.27. The predicted molar refractivity (Wildman–Crippen MR) is 90.6 cm³/mol. The number of ether oxygens (including phenoxy) is 1. The molecule has 0 aromatic heterocycles. The van der Waals surface area contributed by atoms with Crippen LogP contribution in [0.1, 0.15) is 15.9 Å². The largest absolute Gasteiger partial charge is 0.506 e. The molecule has 0 amide bonds. The number of Topliss-reactive ketones (excluding diaryl/α,β-unsaturated/α-hetero) is 1. The van der Waals surface area contributed by atoms with E-state index in [1.807, 2.05) is 6.07 Å². The van der Waals surface area contributed by atoms with Crippen LogP contribution in [0.4, 0.5) is 0 Å². The maximum Gasteiger partial charge on any atom is 0.232 e. The van der Waals surface area contributed by atoms with Crippen molar-refractivity contribution in [3.8, 4) is 11.5 Å². The first kappa shape index (κ1) is 14.8. The van der Waals surface area contributed by atoms with Crippen molar-refractivity contribution in [3.05, 3.63) is 60.6 Å². The second kappa shape index (κ2) is 5.59. The second-order valence-corrected chi connectivity index (χ2v) is 7.04. The molecular weight excluding hydrogens is 468 g/mol. The van der Waals surface area contributed by atoms with E-state index >= 15 is 0 Å². The third-order valence-corrected chi connectivity index (χ3v) is 4.67. The fourth-order valence-electron chi connectivity index (χ4n) is 1.98. The van der Waals surface area contributed by atoms with E-state index in [4.69, 9.17) is 4.74 Å². The van der Waals surface area contributed by atoms with E-state index in [9.17, 15) is 9.90 Å². The van der Waals surface area contributed by atoms with Gasteiger partial charge in [0.2, 0.25) is 5.78 Å². The Bertz CT molecular complexity index is 774. The average Bonchev–Trinajstić information content (AvgIpc) is 2.73. The number of halogens is 3. The Morgan fingerprint density at radius 1 is 1.05 bits per heavy atom. The van der Waals surface area contributed by atoms with Crippen LogP contribution in [0.2, 0.25) is 0 Å². The topological polar surface area (TPSA) is 46.5 Å². The molecule has 1 N–H and O–H groups in total. The van der Waals surface area contributed by atoms with E-state index in [0.717, 1.165) is 10.0 Å². The molecule has 6 heteroatoms. The first-order chi connectivity index (χ1) is 9.95. The normalized spacial score (nSPS) is 15.2. The first-order valence-corrected chi connectivity index (χ1v) is 8.25. The van der Waals surface area contributed by atoms with Crippen molar-refractivity contribution in [2.24, 2.45) is 0 Å². The maximum atomic E-state index is 12.3. The van der Waals surface area contributed by atoms with Gasteiger partial charge >= 0.3 is 0 Å². The Balaban J connectivity index is 2.02. The van der Waals surface area contributed by atoms with E-state index in [0.29, 0.717) is 20.3 Å². The number of fused-ring (bicyclic) bond motifs is 1. The zero-order valence-electron chi connectivity index (χ0n) is 10.4. The van der Waals surface area contributed by atoms with Gasteiger partial charge in [0.05, 0.1) is 14.5 Å². The molecule has 106 valence electrons. The van der Waals surface area contributed by atoms with Crippen molar-refractivity contribution < 1.29 is 14.6 Å². The molecule has 0 spiro atoms. The lowest BCUT2D eigenvalue weighted by Gasteiger charge is -2.03. The van der Waals surface area contributed by atoms with Gasteiger partial charge in [-0.05, 0) is 73.8 Å². The van der Waals surface area contributed by atoms with Crippen LogP contribution in [0.15, 0.2) is 49.5 Å². The molecule has 21 heavy (non-hydrogen) atoms. The summed E-state index contributed by atoms with van der Waals surface area (Å²) in [6.45, 7) is 0. The predicted octanol–water partition coefficient (Wildman–Crippen LogP) is 5.30. The van der Waals surface area contributed by atoms with Gasteiger partial charge in [0.15, 0.2) is 5.76 Å². The Hall–Kier alpha value is -1.11. The number of phenolic OH excluding ortho intramolecular Hbond substituents is 1. The van der Waals surface area contributed by atoms with E-state index in [-0.39, 0.29) is 17.3 Å². The number of rotatable bonds is 1. The molecule has 3 nitrogen and oxygen atoms in total. The van der Waals surface area contributed by atoms with Crippen molar-refractivity contribution in [3.63, 3.8) is 0 Å². The molecule has 3 rings (SSSR count). The molecular formula is C15H7Br3O3. The summed E-state index contributed by atoms with van der Waals surface area (Å²) in [6, 6.07) is 8.73. The number of carbonyl (C=O) groups excluding carboxylic acids is 1. The van der Waals surface area contributed by atoms with Gasteiger partial charge < -0.3 is 9.84 Å². The molecule has 0 radical (unpaired) electrons.